The summed E-state index contributed by atoms with van der Waals surface area (Å²) in [6.45, 7) is 6.13. The highest BCUT2D eigenvalue weighted by Crippen LogP contribution is 2.27. The fourth-order valence-electron chi connectivity index (χ4n) is 2.55. The summed E-state index contributed by atoms with van der Waals surface area (Å²) in [5.74, 6) is 2.14. The predicted molar refractivity (Wildman–Crippen MR) is 67.5 cm³/mol. The number of imidazole rings is 1. The molecule has 3 heterocycles. The van der Waals surface area contributed by atoms with Crippen LogP contribution in [0.25, 0.3) is 0 Å². The van der Waals surface area contributed by atoms with Crippen LogP contribution >= 0.6 is 0 Å². The molecule has 0 amide bonds. The van der Waals surface area contributed by atoms with Gasteiger partial charge in [-0.3, -0.25) is 0 Å². The summed E-state index contributed by atoms with van der Waals surface area (Å²) >= 11 is 0. The first-order chi connectivity index (χ1) is 8.75. The molecule has 0 spiro atoms. The van der Waals surface area contributed by atoms with Crippen molar-refractivity contribution in [3.63, 3.8) is 0 Å². The third-order valence-electron chi connectivity index (χ3n) is 3.59. The van der Waals surface area contributed by atoms with Crippen LogP contribution in [0.1, 0.15) is 42.6 Å². The summed E-state index contributed by atoms with van der Waals surface area (Å²) in [6, 6.07) is 0.0943. The highest BCUT2D eigenvalue weighted by atomic mass is 16.4. The Bertz CT molecular complexity index is 525. The Morgan fingerprint density at radius 1 is 1.50 bits per heavy atom. The first-order valence-electron chi connectivity index (χ1n) is 6.40. The summed E-state index contributed by atoms with van der Waals surface area (Å²) < 4.78 is 7.78. The van der Waals surface area contributed by atoms with Crippen molar-refractivity contribution in [3.05, 3.63) is 36.1 Å². The molecular weight excluding hydrogens is 228 g/mol. The number of nitrogens with zero attached hydrogens (tertiary/aromatic N) is 3. The van der Waals surface area contributed by atoms with Gasteiger partial charge in [-0.25, -0.2) is 9.97 Å². The van der Waals surface area contributed by atoms with E-state index in [9.17, 15) is 0 Å². The maximum absolute atomic E-state index is 5.61. The summed E-state index contributed by atoms with van der Waals surface area (Å²) in [6.07, 6.45) is 6.77. The Balaban J connectivity index is 1.89. The van der Waals surface area contributed by atoms with Crippen molar-refractivity contribution in [2.24, 2.45) is 0 Å². The highest BCUT2D eigenvalue weighted by Gasteiger charge is 2.23. The molecule has 5 heteroatoms. The predicted octanol–water partition coefficient (Wildman–Crippen LogP) is 1.87. The maximum Gasteiger partial charge on any atom is 0.217 e. The van der Waals surface area contributed by atoms with E-state index in [1.54, 1.807) is 6.20 Å². The molecule has 2 aromatic heterocycles. The van der Waals surface area contributed by atoms with E-state index in [1.807, 2.05) is 19.4 Å². The number of aromatic nitrogens is 3. The second-order valence-electron chi connectivity index (χ2n) is 4.90. The first-order valence-corrected chi connectivity index (χ1v) is 6.40. The van der Waals surface area contributed by atoms with Crippen LogP contribution in [0.4, 0.5) is 0 Å². The molecule has 2 aromatic rings. The lowest BCUT2D eigenvalue weighted by Crippen LogP contribution is -2.14. The Morgan fingerprint density at radius 2 is 2.39 bits per heavy atom. The van der Waals surface area contributed by atoms with Gasteiger partial charge in [0, 0.05) is 24.4 Å². The largest absolute Gasteiger partial charge is 0.444 e. The average molecular weight is 246 g/mol. The number of hydrogen-bond donors (Lipinski definition) is 1. The normalized spacial score (nSPS) is 21.3. The molecule has 2 atom stereocenters. The van der Waals surface area contributed by atoms with Gasteiger partial charge in [-0.2, -0.15) is 0 Å². The molecule has 3 rings (SSSR count). The highest BCUT2D eigenvalue weighted by molar-refractivity contribution is 5.12. The molecule has 96 valence electrons. The third-order valence-corrected chi connectivity index (χ3v) is 3.59. The lowest BCUT2D eigenvalue weighted by atomic mass is 10.1. The van der Waals surface area contributed by atoms with Crippen LogP contribution in [0.5, 0.6) is 0 Å². The van der Waals surface area contributed by atoms with Crippen molar-refractivity contribution in [3.8, 4) is 0 Å². The van der Waals surface area contributed by atoms with E-state index in [2.05, 4.69) is 26.8 Å². The molecule has 1 aliphatic heterocycles. The molecule has 0 radical (unpaired) electrons. The molecule has 1 N–H and O–H groups in total. The fourth-order valence-corrected chi connectivity index (χ4v) is 2.55. The van der Waals surface area contributed by atoms with Crippen molar-refractivity contribution < 1.29 is 4.42 Å². The molecule has 0 saturated carbocycles. The summed E-state index contributed by atoms with van der Waals surface area (Å²) in [7, 11) is 0. The minimum Gasteiger partial charge on any atom is -0.444 e. The summed E-state index contributed by atoms with van der Waals surface area (Å²) in [5.41, 5.74) is 1.27. The molecule has 0 aromatic carbocycles. The molecule has 1 fully saturated rings. The summed E-state index contributed by atoms with van der Waals surface area (Å²) in [5, 5.41) is 3.39. The van der Waals surface area contributed by atoms with Gasteiger partial charge in [-0.1, -0.05) is 0 Å². The lowest BCUT2D eigenvalue weighted by Gasteiger charge is -2.16. The number of oxazole rings is 1. The lowest BCUT2D eigenvalue weighted by molar-refractivity contribution is 0.407. The van der Waals surface area contributed by atoms with Gasteiger partial charge in [-0.15, -0.1) is 0 Å². The van der Waals surface area contributed by atoms with Crippen LogP contribution in [-0.4, -0.2) is 27.6 Å². The van der Waals surface area contributed by atoms with E-state index in [1.165, 1.54) is 12.1 Å². The van der Waals surface area contributed by atoms with E-state index in [-0.39, 0.29) is 6.04 Å². The second-order valence-corrected chi connectivity index (χ2v) is 4.90. The van der Waals surface area contributed by atoms with Crippen molar-refractivity contribution >= 4 is 0 Å². The molecule has 1 aliphatic rings. The van der Waals surface area contributed by atoms with E-state index in [0.717, 1.165) is 24.7 Å². The van der Waals surface area contributed by atoms with Gasteiger partial charge in [0.05, 0.1) is 12.5 Å². The van der Waals surface area contributed by atoms with Crippen molar-refractivity contribution in [2.45, 2.75) is 32.2 Å². The van der Waals surface area contributed by atoms with Crippen molar-refractivity contribution in [2.75, 3.05) is 13.1 Å². The Hall–Kier alpha value is -1.62. The SMILES string of the molecule is Cc1cnc(C(C)n2cncc2C2CCNC2)o1. The average Bonchev–Trinajstić information content (AvgIpc) is 3.08. The smallest absolute Gasteiger partial charge is 0.217 e. The fraction of sp³-hybridized carbons (Fsp3) is 0.538. The van der Waals surface area contributed by atoms with Crippen LogP contribution in [0.3, 0.4) is 0 Å². The van der Waals surface area contributed by atoms with Crippen LogP contribution in [0, 0.1) is 6.92 Å². The quantitative estimate of drug-likeness (QED) is 0.898. The molecule has 5 nitrogen and oxygen atoms in total. The van der Waals surface area contributed by atoms with Crippen LogP contribution in [-0.2, 0) is 0 Å². The molecular formula is C13H18N4O. The van der Waals surface area contributed by atoms with E-state index < -0.39 is 0 Å². The zero-order valence-electron chi connectivity index (χ0n) is 10.8. The standard InChI is InChI=1S/C13H18N4O/c1-9-5-16-13(18-9)10(2)17-8-15-7-12(17)11-3-4-14-6-11/h5,7-8,10-11,14H,3-4,6H2,1-2H3. The van der Waals surface area contributed by atoms with Gasteiger partial charge in [0.15, 0.2) is 0 Å². The number of aryl methyl sites for hydroxylation is 1. The minimum atomic E-state index is 0.0943. The molecule has 0 aliphatic carbocycles. The van der Waals surface area contributed by atoms with Crippen molar-refractivity contribution in [1.29, 1.82) is 0 Å². The van der Waals surface area contributed by atoms with Crippen LogP contribution < -0.4 is 5.32 Å². The monoisotopic (exact) mass is 246 g/mol. The van der Waals surface area contributed by atoms with Crippen LogP contribution in [0.2, 0.25) is 0 Å². The summed E-state index contributed by atoms with van der Waals surface area (Å²) in [4.78, 5) is 8.59. The van der Waals surface area contributed by atoms with E-state index in [4.69, 9.17) is 4.42 Å². The van der Waals surface area contributed by atoms with Gasteiger partial charge in [0.25, 0.3) is 0 Å². The van der Waals surface area contributed by atoms with Gasteiger partial charge in [-0.05, 0) is 26.8 Å². The van der Waals surface area contributed by atoms with E-state index in [0.29, 0.717) is 5.92 Å². The van der Waals surface area contributed by atoms with E-state index >= 15 is 0 Å². The zero-order chi connectivity index (χ0) is 12.5. The Morgan fingerprint density at radius 3 is 3.06 bits per heavy atom. The van der Waals surface area contributed by atoms with Gasteiger partial charge in [0.1, 0.15) is 11.8 Å². The van der Waals surface area contributed by atoms with Gasteiger partial charge < -0.3 is 14.3 Å². The molecule has 2 unspecified atom stereocenters. The third kappa shape index (κ3) is 1.95. The number of rotatable bonds is 3. The van der Waals surface area contributed by atoms with Gasteiger partial charge in [0.2, 0.25) is 5.89 Å². The number of nitrogens with one attached hydrogen (secondary N) is 1. The minimum absolute atomic E-state index is 0.0943. The first kappa shape index (κ1) is 11.5. The zero-order valence-corrected chi connectivity index (χ0v) is 10.8. The maximum atomic E-state index is 5.61. The topological polar surface area (TPSA) is 55.9 Å². The van der Waals surface area contributed by atoms with Crippen LogP contribution in [0.15, 0.2) is 23.1 Å². The second kappa shape index (κ2) is 4.57. The Labute approximate surface area is 106 Å². The van der Waals surface area contributed by atoms with Gasteiger partial charge >= 0.3 is 0 Å². The molecule has 18 heavy (non-hydrogen) atoms. The number of hydrogen-bond acceptors (Lipinski definition) is 4. The molecule has 1 saturated heterocycles. The Kier molecular flexibility index (Phi) is 2.91. The van der Waals surface area contributed by atoms with Crippen molar-refractivity contribution in [1.82, 2.24) is 19.9 Å². The molecule has 0 bridgehead atoms.